The monoisotopic (exact) mass is 313 g/mol. The fourth-order valence-electron chi connectivity index (χ4n) is 1.57. The largest absolute Gasteiger partial charge is 0.320 e. The second kappa shape index (κ2) is 5.17. The standard InChI is InChI=1S/C13H10BrClFN/c14-10-4-1-8(2-5-10)13(17)9-3-6-12(16)11(15)7-9/h1-7,13H,17H2. The van der Waals surface area contributed by atoms with Crippen LogP contribution in [0.5, 0.6) is 0 Å². The minimum Gasteiger partial charge on any atom is -0.320 e. The first-order chi connectivity index (χ1) is 8.08. The molecule has 1 unspecified atom stereocenters. The zero-order valence-electron chi connectivity index (χ0n) is 8.83. The molecule has 88 valence electrons. The molecular weight excluding hydrogens is 305 g/mol. The fourth-order valence-corrected chi connectivity index (χ4v) is 2.02. The SMILES string of the molecule is NC(c1ccc(Br)cc1)c1ccc(F)c(Cl)c1. The molecule has 0 saturated heterocycles. The topological polar surface area (TPSA) is 26.0 Å². The molecular formula is C13H10BrClFN. The van der Waals surface area contributed by atoms with Gasteiger partial charge in [0.2, 0.25) is 0 Å². The minimum atomic E-state index is -0.432. The summed E-state index contributed by atoms with van der Waals surface area (Å²) in [6.07, 6.45) is 0. The van der Waals surface area contributed by atoms with E-state index in [4.69, 9.17) is 17.3 Å². The Kier molecular flexibility index (Phi) is 3.82. The highest BCUT2D eigenvalue weighted by atomic mass is 79.9. The van der Waals surface area contributed by atoms with Crippen LogP contribution in [-0.2, 0) is 0 Å². The smallest absolute Gasteiger partial charge is 0.141 e. The average Bonchev–Trinajstić information content (AvgIpc) is 2.33. The van der Waals surface area contributed by atoms with Crippen LogP contribution < -0.4 is 5.73 Å². The molecule has 2 N–H and O–H groups in total. The molecule has 0 fully saturated rings. The van der Waals surface area contributed by atoms with Crippen molar-refractivity contribution in [2.45, 2.75) is 6.04 Å². The zero-order valence-corrected chi connectivity index (χ0v) is 11.2. The van der Waals surface area contributed by atoms with Gasteiger partial charge in [-0.25, -0.2) is 4.39 Å². The van der Waals surface area contributed by atoms with Crippen LogP contribution in [0.4, 0.5) is 4.39 Å². The molecule has 1 atom stereocenters. The van der Waals surface area contributed by atoms with Crippen molar-refractivity contribution in [1.82, 2.24) is 0 Å². The number of hydrogen-bond donors (Lipinski definition) is 1. The minimum absolute atomic E-state index is 0.0926. The second-order valence-electron chi connectivity index (χ2n) is 3.70. The van der Waals surface area contributed by atoms with E-state index in [0.29, 0.717) is 0 Å². The van der Waals surface area contributed by atoms with E-state index < -0.39 is 5.82 Å². The van der Waals surface area contributed by atoms with Gasteiger partial charge < -0.3 is 5.73 Å². The lowest BCUT2D eigenvalue weighted by Gasteiger charge is -2.13. The molecule has 0 aliphatic heterocycles. The van der Waals surface area contributed by atoms with Crippen LogP contribution in [0.1, 0.15) is 17.2 Å². The summed E-state index contributed by atoms with van der Waals surface area (Å²) in [5.41, 5.74) is 7.83. The van der Waals surface area contributed by atoms with E-state index in [-0.39, 0.29) is 11.1 Å². The third-order valence-corrected chi connectivity index (χ3v) is 3.35. The van der Waals surface area contributed by atoms with Crippen molar-refractivity contribution in [3.05, 3.63) is 68.9 Å². The third kappa shape index (κ3) is 2.86. The lowest BCUT2D eigenvalue weighted by molar-refractivity contribution is 0.627. The molecule has 0 aliphatic carbocycles. The van der Waals surface area contributed by atoms with Crippen LogP contribution in [0, 0.1) is 5.82 Å². The van der Waals surface area contributed by atoms with Gasteiger partial charge in [-0.3, -0.25) is 0 Å². The van der Waals surface area contributed by atoms with E-state index in [1.807, 2.05) is 24.3 Å². The molecule has 0 heterocycles. The molecule has 0 aromatic heterocycles. The Balaban J connectivity index is 2.33. The van der Waals surface area contributed by atoms with Gasteiger partial charge in [0.1, 0.15) is 5.82 Å². The summed E-state index contributed by atoms with van der Waals surface area (Å²) in [7, 11) is 0. The Labute approximate surface area is 113 Å². The highest BCUT2D eigenvalue weighted by Gasteiger charge is 2.10. The predicted octanol–water partition coefficient (Wildman–Crippen LogP) is 4.29. The van der Waals surface area contributed by atoms with E-state index in [0.717, 1.165) is 15.6 Å². The van der Waals surface area contributed by atoms with Gasteiger partial charge >= 0.3 is 0 Å². The molecule has 0 saturated carbocycles. The van der Waals surface area contributed by atoms with Crippen LogP contribution in [-0.4, -0.2) is 0 Å². The van der Waals surface area contributed by atoms with Gasteiger partial charge in [0.15, 0.2) is 0 Å². The summed E-state index contributed by atoms with van der Waals surface area (Å²) in [4.78, 5) is 0. The zero-order chi connectivity index (χ0) is 12.4. The van der Waals surface area contributed by atoms with Crippen molar-refractivity contribution >= 4 is 27.5 Å². The third-order valence-electron chi connectivity index (χ3n) is 2.53. The van der Waals surface area contributed by atoms with Crippen molar-refractivity contribution < 1.29 is 4.39 Å². The van der Waals surface area contributed by atoms with E-state index in [2.05, 4.69) is 15.9 Å². The Morgan fingerprint density at radius 1 is 1.06 bits per heavy atom. The van der Waals surface area contributed by atoms with Gasteiger partial charge in [0.25, 0.3) is 0 Å². The normalized spacial score (nSPS) is 12.5. The van der Waals surface area contributed by atoms with E-state index in [1.54, 1.807) is 12.1 Å². The first-order valence-electron chi connectivity index (χ1n) is 5.04. The lowest BCUT2D eigenvalue weighted by Crippen LogP contribution is -2.11. The summed E-state index contributed by atoms with van der Waals surface area (Å²) in [5, 5.41) is 0.0926. The number of benzene rings is 2. The van der Waals surface area contributed by atoms with Gasteiger partial charge in [-0.1, -0.05) is 45.7 Å². The van der Waals surface area contributed by atoms with Crippen LogP contribution >= 0.6 is 27.5 Å². The van der Waals surface area contributed by atoms with Crippen LogP contribution in [0.15, 0.2) is 46.9 Å². The predicted molar refractivity (Wildman–Crippen MR) is 71.6 cm³/mol. The van der Waals surface area contributed by atoms with Crippen LogP contribution in [0.3, 0.4) is 0 Å². The molecule has 4 heteroatoms. The number of halogens is 3. The lowest BCUT2D eigenvalue weighted by atomic mass is 10.00. The average molecular weight is 315 g/mol. The molecule has 0 amide bonds. The van der Waals surface area contributed by atoms with Gasteiger partial charge in [-0.15, -0.1) is 0 Å². The molecule has 0 bridgehead atoms. The summed E-state index contributed by atoms with van der Waals surface area (Å²) < 4.78 is 14.0. The Morgan fingerprint density at radius 2 is 1.65 bits per heavy atom. The summed E-state index contributed by atoms with van der Waals surface area (Å²) in [6, 6.07) is 11.9. The highest BCUT2D eigenvalue weighted by Crippen LogP contribution is 2.25. The summed E-state index contributed by atoms with van der Waals surface area (Å²) in [5.74, 6) is -0.432. The molecule has 17 heavy (non-hydrogen) atoms. The Bertz CT molecular complexity index is 527. The molecule has 0 spiro atoms. The molecule has 2 rings (SSSR count). The van der Waals surface area contributed by atoms with Gasteiger partial charge in [-0.05, 0) is 35.4 Å². The number of rotatable bonds is 2. The summed E-state index contributed by atoms with van der Waals surface area (Å²) in [6.45, 7) is 0. The quantitative estimate of drug-likeness (QED) is 0.879. The van der Waals surface area contributed by atoms with Crippen molar-refractivity contribution in [2.24, 2.45) is 5.73 Å². The Hall–Kier alpha value is -0.900. The van der Waals surface area contributed by atoms with Crippen molar-refractivity contribution in [1.29, 1.82) is 0 Å². The number of hydrogen-bond acceptors (Lipinski definition) is 1. The maximum absolute atomic E-state index is 13.0. The number of nitrogens with two attached hydrogens (primary N) is 1. The first kappa shape index (κ1) is 12.6. The molecule has 0 aliphatic rings. The molecule has 1 nitrogen and oxygen atoms in total. The van der Waals surface area contributed by atoms with Crippen LogP contribution in [0.25, 0.3) is 0 Å². The van der Waals surface area contributed by atoms with Crippen LogP contribution in [0.2, 0.25) is 5.02 Å². The van der Waals surface area contributed by atoms with E-state index >= 15 is 0 Å². The molecule has 2 aromatic carbocycles. The van der Waals surface area contributed by atoms with Gasteiger partial charge in [-0.2, -0.15) is 0 Å². The van der Waals surface area contributed by atoms with Gasteiger partial charge in [0.05, 0.1) is 11.1 Å². The maximum Gasteiger partial charge on any atom is 0.141 e. The summed E-state index contributed by atoms with van der Waals surface area (Å²) >= 11 is 9.09. The van der Waals surface area contributed by atoms with E-state index in [1.165, 1.54) is 6.07 Å². The fraction of sp³-hybridized carbons (Fsp3) is 0.0769. The van der Waals surface area contributed by atoms with Crippen molar-refractivity contribution in [3.8, 4) is 0 Å². The van der Waals surface area contributed by atoms with Crippen molar-refractivity contribution in [3.63, 3.8) is 0 Å². The molecule has 0 radical (unpaired) electrons. The second-order valence-corrected chi connectivity index (χ2v) is 5.03. The first-order valence-corrected chi connectivity index (χ1v) is 6.21. The van der Waals surface area contributed by atoms with E-state index in [9.17, 15) is 4.39 Å². The Morgan fingerprint density at radius 3 is 2.24 bits per heavy atom. The van der Waals surface area contributed by atoms with Crippen molar-refractivity contribution in [2.75, 3.05) is 0 Å². The van der Waals surface area contributed by atoms with Gasteiger partial charge in [0, 0.05) is 4.47 Å². The maximum atomic E-state index is 13.0. The highest BCUT2D eigenvalue weighted by molar-refractivity contribution is 9.10. The molecule has 2 aromatic rings.